The molecule has 0 rings (SSSR count). The Labute approximate surface area is 120 Å². The van der Waals surface area contributed by atoms with Crippen LogP contribution in [0.15, 0.2) is 0 Å². The molecule has 0 atom stereocenters. The first kappa shape index (κ1) is 18.3. The average Bonchev–Trinajstić information content (AvgIpc) is 2.44. The van der Waals surface area contributed by atoms with Crippen molar-refractivity contribution in [1.29, 1.82) is 5.26 Å². The highest BCUT2D eigenvalue weighted by Crippen LogP contribution is 2.40. The maximum absolute atomic E-state index is 8.45. The van der Waals surface area contributed by atoms with Crippen molar-refractivity contribution in [3.63, 3.8) is 0 Å². The van der Waals surface area contributed by atoms with Crippen LogP contribution in [0.2, 0.25) is 0 Å². The van der Waals surface area contributed by atoms with Gasteiger partial charge in [0, 0.05) is 0 Å². The summed E-state index contributed by atoms with van der Waals surface area (Å²) in [5, 5.41) is 8.45. The van der Waals surface area contributed by atoms with Gasteiger partial charge in [0.1, 0.15) is 6.61 Å². The predicted molar refractivity (Wildman–Crippen MR) is 81.8 cm³/mol. The number of nitriles is 1. The molecule has 0 bridgehead atoms. The molecule has 0 aromatic rings. The lowest BCUT2D eigenvalue weighted by Crippen LogP contribution is -2.22. The number of ether oxygens (including phenoxy) is 1. The number of rotatable bonds is 13. The van der Waals surface area contributed by atoms with Gasteiger partial charge in [0.2, 0.25) is 0 Å². The number of nitrogens with zero attached hydrogens (tertiary/aromatic N) is 1. The molecule has 2 heteroatoms. The van der Waals surface area contributed by atoms with Crippen LogP contribution in [-0.4, -0.2) is 6.61 Å². The van der Waals surface area contributed by atoms with Gasteiger partial charge in [0.05, 0.1) is 0 Å². The maximum Gasteiger partial charge on any atom is 0.286 e. The molecule has 0 N–H and O–H groups in total. The standard InChI is InChI=1S/C17H33NO/c1-4-7-11-17(12-8-5-2,13-9-6-3)14-10-15-19-16-18/h4-15H2,1-3H3. The maximum atomic E-state index is 8.45. The van der Waals surface area contributed by atoms with Crippen molar-refractivity contribution in [2.45, 2.75) is 91.4 Å². The first-order valence-corrected chi connectivity index (χ1v) is 8.25. The summed E-state index contributed by atoms with van der Waals surface area (Å²) in [5.41, 5.74) is 0.515. The Morgan fingerprint density at radius 3 is 1.58 bits per heavy atom. The minimum atomic E-state index is 0.515. The normalized spacial score (nSPS) is 11.3. The second-order valence-corrected chi connectivity index (χ2v) is 5.85. The van der Waals surface area contributed by atoms with E-state index in [-0.39, 0.29) is 0 Å². The van der Waals surface area contributed by atoms with Crippen LogP contribution in [0, 0.1) is 16.9 Å². The summed E-state index contributed by atoms with van der Waals surface area (Å²) in [7, 11) is 0. The van der Waals surface area contributed by atoms with Crippen molar-refractivity contribution in [1.82, 2.24) is 0 Å². The number of unbranched alkanes of at least 4 members (excludes halogenated alkanes) is 3. The zero-order chi connectivity index (χ0) is 14.4. The minimum absolute atomic E-state index is 0.515. The number of hydrogen-bond acceptors (Lipinski definition) is 2. The summed E-state index contributed by atoms with van der Waals surface area (Å²) in [6.45, 7) is 7.44. The van der Waals surface area contributed by atoms with Crippen LogP contribution < -0.4 is 0 Å². The highest BCUT2D eigenvalue weighted by atomic mass is 16.5. The quantitative estimate of drug-likeness (QED) is 0.311. The molecular formula is C17H33NO. The molecule has 0 saturated carbocycles. The van der Waals surface area contributed by atoms with Crippen LogP contribution in [0.5, 0.6) is 0 Å². The Balaban J connectivity index is 4.43. The highest BCUT2D eigenvalue weighted by Gasteiger charge is 2.27. The van der Waals surface area contributed by atoms with Crippen LogP contribution in [0.4, 0.5) is 0 Å². The fourth-order valence-electron chi connectivity index (χ4n) is 2.97. The van der Waals surface area contributed by atoms with Gasteiger partial charge in [-0.05, 0) is 37.5 Å². The molecule has 0 aromatic heterocycles. The van der Waals surface area contributed by atoms with Crippen LogP contribution >= 0.6 is 0 Å². The van der Waals surface area contributed by atoms with Gasteiger partial charge in [0.25, 0.3) is 6.26 Å². The lowest BCUT2D eigenvalue weighted by molar-refractivity contribution is 0.156. The number of hydrogen-bond donors (Lipinski definition) is 0. The molecular weight excluding hydrogens is 234 g/mol. The van der Waals surface area contributed by atoms with Crippen LogP contribution in [0.25, 0.3) is 0 Å². The van der Waals surface area contributed by atoms with E-state index in [2.05, 4.69) is 20.8 Å². The van der Waals surface area contributed by atoms with Crippen molar-refractivity contribution in [3.05, 3.63) is 0 Å². The molecule has 0 aliphatic carbocycles. The third kappa shape index (κ3) is 8.92. The molecule has 2 nitrogen and oxygen atoms in total. The van der Waals surface area contributed by atoms with Gasteiger partial charge in [-0.2, -0.15) is 5.26 Å². The van der Waals surface area contributed by atoms with Crippen LogP contribution in [-0.2, 0) is 4.74 Å². The molecule has 112 valence electrons. The lowest BCUT2D eigenvalue weighted by Gasteiger charge is -2.34. The second kappa shape index (κ2) is 12.3. The van der Waals surface area contributed by atoms with E-state index in [0.717, 1.165) is 6.42 Å². The Kier molecular flexibility index (Phi) is 11.9. The largest absolute Gasteiger partial charge is 0.428 e. The fraction of sp³-hybridized carbons (Fsp3) is 0.941. The second-order valence-electron chi connectivity index (χ2n) is 5.85. The average molecular weight is 267 g/mol. The van der Waals surface area contributed by atoms with E-state index >= 15 is 0 Å². The molecule has 0 radical (unpaired) electrons. The lowest BCUT2D eigenvalue weighted by atomic mass is 9.71. The predicted octanol–water partition coefficient (Wildman–Crippen LogP) is 5.82. The third-order valence-electron chi connectivity index (χ3n) is 4.20. The van der Waals surface area contributed by atoms with Crippen molar-refractivity contribution in [2.75, 3.05) is 6.61 Å². The molecule has 0 aliphatic heterocycles. The first-order valence-electron chi connectivity index (χ1n) is 8.25. The Morgan fingerprint density at radius 2 is 1.21 bits per heavy atom. The van der Waals surface area contributed by atoms with Crippen molar-refractivity contribution in [3.8, 4) is 6.26 Å². The summed E-state index contributed by atoms with van der Waals surface area (Å²) in [5.74, 6) is 0. The Bertz CT molecular complexity index is 210. The molecule has 0 unspecified atom stereocenters. The molecule has 0 saturated heterocycles. The summed E-state index contributed by atoms with van der Waals surface area (Å²) in [6, 6.07) is 0. The summed E-state index contributed by atoms with van der Waals surface area (Å²) < 4.78 is 4.85. The van der Waals surface area contributed by atoms with Gasteiger partial charge in [-0.3, -0.25) is 0 Å². The smallest absolute Gasteiger partial charge is 0.286 e. The van der Waals surface area contributed by atoms with Gasteiger partial charge in [-0.1, -0.05) is 59.3 Å². The van der Waals surface area contributed by atoms with Crippen molar-refractivity contribution < 1.29 is 4.74 Å². The molecule has 0 aromatic carbocycles. The molecule has 0 fully saturated rings. The molecule has 0 spiro atoms. The van der Waals surface area contributed by atoms with E-state index in [1.165, 1.54) is 64.2 Å². The van der Waals surface area contributed by atoms with Crippen molar-refractivity contribution in [2.24, 2.45) is 5.41 Å². The van der Waals surface area contributed by atoms with Crippen LogP contribution in [0.3, 0.4) is 0 Å². The van der Waals surface area contributed by atoms with E-state index in [9.17, 15) is 0 Å². The van der Waals surface area contributed by atoms with E-state index in [1.807, 2.05) is 0 Å². The van der Waals surface area contributed by atoms with E-state index < -0.39 is 0 Å². The monoisotopic (exact) mass is 267 g/mol. The molecule has 0 aliphatic rings. The molecule has 19 heavy (non-hydrogen) atoms. The van der Waals surface area contributed by atoms with Crippen LogP contribution in [0.1, 0.15) is 91.4 Å². The van der Waals surface area contributed by atoms with Crippen molar-refractivity contribution >= 4 is 0 Å². The molecule has 0 amide bonds. The summed E-state index contributed by atoms with van der Waals surface area (Å²) in [6.07, 6.45) is 16.0. The van der Waals surface area contributed by atoms with Gasteiger partial charge < -0.3 is 4.74 Å². The van der Waals surface area contributed by atoms with E-state index in [1.54, 1.807) is 6.26 Å². The summed E-state index contributed by atoms with van der Waals surface area (Å²) in [4.78, 5) is 0. The highest BCUT2D eigenvalue weighted by molar-refractivity contribution is 4.79. The Hall–Kier alpha value is -0.710. The first-order chi connectivity index (χ1) is 9.24. The SMILES string of the molecule is CCCCC(CCCC)(CCCC)CCCOC#N. The van der Waals surface area contributed by atoms with Gasteiger partial charge >= 0.3 is 0 Å². The molecule has 0 heterocycles. The van der Waals surface area contributed by atoms with E-state index in [0.29, 0.717) is 12.0 Å². The zero-order valence-corrected chi connectivity index (χ0v) is 13.3. The van der Waals surface area contributed by atoms with Gasteiger partial charge in [-0.25, -0.2) is 0 Å². The summed E-state index contributed by atoms with van der Waals surface area (Å²) >= 11 is 0. The van der Waals surface area contributed by atoms with Gasteiger partial charge in [0.15, 0.2) is 0 Å². The van der Waals surface area contributed by atoms with Gasteiger partial charge in [-0.15, -0.1) is 0 Å². The zero-order valence-electron chi connectivity index (χ0n) is 13.3. The Morgan fingerprint density at radius 1 is 0.789 bits per heavy atom. The third-order valence-corrected chi connectivity index (χ3v) is 4.20. The van der Waals surface area contributed by atoms with E-state index in [4.69, 9.17) is 10.00 Å². The minimum Gasteiger partial charge on any atom is -0.428 e. The topological polar surface area (TPSA) is 33.0 Å². The fourth-order valence-corrected chi connectivity index (χ4v) is 2.97.